The smallest absolute Gasteiger partial charge is 0.242 e. The summed E-state index contributed by atoms with van der Waals surface area (Å²) in [7, 11) is -3.64. The van der Waals surface area contributed by atoms with Gasteiger partial charge in [-0.15, -0.1) is 11.3 Å². The first-order valence-corrected chi connectivity index (χ1v) is 11.9. The first-order chi connectivity index (χ1) is 13.5. The Labute approximate surface area is 168 Å². The van der Waals surface area contributed by atoms with Gasteiger partial charge in [-0.2, -0.15) is 4.98 Å². The van der Waals surface area contributed by atoms with Gasteiger partial charge in [0, 0.05) is 16.8 Å². The fourth-order valence-electron chi connectivity index (χ4n) is 3.80. The third-order valence-electron chi connectivity index (χ3n) is 5.42. The van der Waals surface area contributed by atoms with Gasteiger partial charge in [0.05, 0.1) is 9.77 Å². The molecule has 2 heterocycles. The molecule has 146 valence electrons. The maximum Gasteiger partial charge on any atom is 0.242 e. The van der Waals surface area contributed by atoms with Crippen molar-refractivity contribution in [1.29, 1.82) is 0 Å². The van der Waals surface area contributed by atoms with Crippen LogP contribution in [0.1, 0.15) is 59.5 Å². The van der Waals surface area contributed by atoms with Crippen LogP contribution in [0.4, 0.5) is 0 Å². The lowest BCUT2D eigenvalue weighted by Gasteiger charge is -2.26. The molecule has 0 radical (unpaired) electrons. The summed E-state index contributed by atoms with van der Waals surface area (Å²) < 4.78 is 34.5. The number of sulfonamides is 1. The molecule has 0 spiro atoms. The number of nitrogens with zero attached hydrogens (tertiary/aromatic N) is 2. The Balaban J connectivity index is 1.43. The first-order valence-electron chi connectivity index (χ1n) is 9.56. The number of nitrogens with one attached hydrogen (secondary N) is 1. The van der Waals surface area contributed by atoms with E-state index in [0.717, 1.165) is 47.4 Å². The molecular formula is C20H21N3O3S2. The summed E-state index contributed by atoms with van der Waals surface area (Å²) in [6.45, 7) is 1.82. The largest absolute Gasteiger partial charge is 0.339 e. The summed E-state index contributed by atoms with van der Waals surface area (Å²) in [5, 5.41) is 4.04. The lowest BCUT2D eigenvalue weighted by molar-refractivity contribution is 0.380. The van der Waals surface area contributed by atoms with Crippen molar-refractivity contribution in [1.82, 2.24) is 14.9 Å². The minimum absolute atomic E-state index is 0.190. The van der Waals surface area contributed by atoms with E-state index in [1.54, 1.807) is 6.07 Å². The Bertz CT molecular complexity index is 1130. The quantitative estimate of drug-likeness (QED) is 0.670. The summed E-state index contributed by atoms with van der Waals surface area (Å²) in [6, 6.07) is 9.55. The van der Waals surface area contributed by atoms with Gasteiger partial charge in [0.25, 0.3) is 0 Å². The number of fused-ring (bicyclic) bond motifs is 1. The average molecular weight is 416 g/mol. The number of aromatic nitrogens is 2. The molecule has 8 heteroatoms. The van der Waals surface area contributed by atoms with Crippen molar-refractivity contribution in [2.75, 3.05) is 0 Å². The van der Waals surface area contributed by atoms with Crippen molar-refractivity contribution in [2.24, 2.45) is 0 Å². The number of benzene rings is 1. The van der Waals surface area contributed by atoms with Crippen molar-refractivity contribution < 1.29 is 12.9 Å². The molecule has 1 fully saturated rings. The van der Waals surface area contributed by atoms with Crippen molar-refractivity contribution in [3.63, 3.8) is 0 Å². The van der Waals surface area contributed by atoms with Gasteiger partial charge in [-0.3, -0.25) is 0 Å². The molecule has 1 atom stereocenters. The summed E-state index contributed by atoms with van der Waals surface area (Å²) >= 11 is 1.38. The standard InChI is InChI=1S/C20H21N3O3S2/c1-12-18(11-17(27-12)19-21-20(26-22-19)14-9-10-14)28(24,25)23-16-8-4-6-13-5-2-3-7-15(13)16/h2-3,5,7,11,14,16,23H,4,6,8-10H2,1H3/t16-/m0/s1. The van der Waals surface area contributed by atoms with Gasteiger partial charge >= 0.3 is 0 Å². The van der Waals surface area contributed by atoms with Crippen molar-refractivity contribution in [2.45, 2.75) is 55.9 Å². The monoisotopic (exact) mass is 415 g/mol. The molecule has 1 N–H and O–H groups in total. The SMILES string of the molecule is Cc1sc(-c2noc(C3CC3)n2)cc1S(=O)(=O)N[C@H]1CCCc2ccccc21. The molecule has 6 nitrogen and oxygen atoms in total. The predicted octanol–water partition coefficient (Wildman–Crippen LogP) is 4.34. The molecule has 2 aliphatic rings. The summed E-state index contributed by atoms with van der Waals surface area (Å²) in [6.07, 6.45) is 4.94. The fraction of sp³-hybridized carbons (Fsp3) is 0.400. The molecule has 28 heavy (non-hydrogen) atoms. The molecule has 1 aromatic carbocycles. The van der Waals surface area contributed by atoms with E-state index in [2.05, 4.69) is 20.9 Å². The second-order valence-electron chi connectivity index (χ2n) is 7.53. The predicted molar refractivity (Wildman–Crippen MR) is 107 cm³/mol. The van der Waals surface area contributed by atoms with Crippen LogP contribution in [-0.4, -0.2) is 18.6 Å². The van der Waals surface area contributed by atoms with Crippen LogP contribution in [-0.2, 0) is 16.4 Å². The number of rotatable bonds is 5. The average Bonchev–Trinajstić information content (AvgIpc) is 3.27. The number of hydrogen-bond donors (Lipinski definition) is 1. The van der Waals surface area contributed by atoms with Gasteiger partial charge in [-0.1, -0.05) is 29.4 Å². The molecule has 2 aliphatic carbocycles. The minimum Gasteiger partial charge on any atom is -0.339 e. The van der Waals surface area contributed by atoms with Gasteiger partial charge in [-0.05, 0) is 56.2 Å². The highest BCUT2D eigenvalue weighted by atomic mass is 32.2. The summed E-state index contributed by atoms with van der Waals surface area (Å²) in [5.41, 5.74) is 2.31. The van der Waals surface area contributed by atoms with Crippen molar-refractivity contribution >= 4 is 21.4 Å². The normalized spacial score (nSPS) is 19.5. The fourth-order valence-corrected chi connectivity index (χ4v) is 6.57. The van der Waals surface area contributed by atoms with Gasteiger partial charge in [0.1, 0.15) is 0 Å². The molecule has 2 aromatic heterocycles. The van der Waals surface area contributed by atoms with E-state index in [-0.39, 0.29) is 6.04 Å². The van der Waals surface area contributed by atoms with Gasteiger partial charge < -0.3 is 4.52 Å². The van der Waals surface area contributed by atoms with Crippen LogP contribution in [0.15, 0.2) is 39.8 Å². The van der Waals surface area contributed by atoms with Gasteiger partial charge in [0.15, 0.2) is 0 Å². The second-order valence-corrected chi connectivity index (χ2v) is 10.5. The molecule has 0 bridgehead atoms. The third-order valence-corrected chi connectivity index (χ3v) is 8.19. The highest BCUT2D eigenvalue weighted by molar-refractivity contribution is 7.89. The maximum absolute atomic E-state index is 13.1. The zero-order valence-electron chi connectivity index (χ0n) is 15.5. The molecule has 0 unspecified atom stereocenters. The van der Waals surface area contributed by atoms with E-state index in [0.29, 0.717) is 22.5 Å². The highest BCUT2D eigenvalue weighted by Crippen LogP contribution is 2.40. The molecule has 0 amide bonds. The maximum atomic E-state index is 13.1. The summed E-state index contributed by atoms with van der Waals surface area (Å²) in [5.74, 6) is 1.50. The zero-order chi connectivity index (χ0) is 19.3. The Morgan fingerprint density at radius 2 is 2.04 bits per heavy atom. The van der Waals surface area contributed by atoms with E-state index in [9.17, 15) is 8.42 Å². The van der Waals surface area contributed by atoms with E-state index in [1.807, 2.05) is 25.1 Å². The van der Waals surface area contributed by atoms with Crippen LogP contribution in [0.25, 0.3) is 10.7 Å². The lowest BCUT2D eigenvalue weighted by atomic mass is 9.88. The third kappa shape index (κ3) is 3.29. The van der Waals surface area contributed by atoms with Crippen LogP contribution in [0, 0.1) is 6.92 Å². The Hall–Kier alpha value is -2.03. The van der Waals surface area contributed by atoms with Crippen LogP contribution in [0.2, 0.25) is 0 Å². The minimum atomic E-state index is -3.64. The lowest BCUT2D eigenvalue weighted by Crippen LogP contribution is -2.31. The van der Waals surface area contributed by atoms with Gasteiger partial charge in [-0.25, -0.2) is 13.1 Å². The van der Waals surface area contributed by atoms with E-state index in [4.69, 9.17) is 4.52 Å². The Morgan fingerprint density at radius 3 is 2.86 bits per heavy atom. The van der Waals surface area contributed by atoms with Gasteiger partial charge in [0.2, 0.25) is 21.7 Å². The van der Waals surface area contributed by atoms with E-state index < -0.39 is 10.0 Å². The molecule has 5 rings (SSSR count). The Morgan fingerprint density at radius 1 is 1.21 bits per heavy atom. The second kappa shape index (κ2) is 6.79. The van der Waals surface area contributed by atoms with Crippen molar-refractivity contribution in [3.8, 4) is 10.7 Å². The van der Waals surface area contributed by atoms with Crippen LogP contribution >= 0.6 is 11.3 Å². The van der Waals surface area contributed by atoms with E-state index in [1.165, 1.54) is 16.9 Å². The van der Waals surface area contributed by atoms with Crippen LogP contribution in [0.5, 0.6) is 0 Å². The van der Waals surface area contributed by atoms with Crippen molar-refractivity contribution in [3.05, 3.63) is 52.2 Å². The molecular weight excluding hydrogens is 394 g/mol. The molecule has 3 aromatic rings. The number of thiophene rings is 1. The highest BCUT2D eigenvalue weighted by Gasteiger charge is 2.31. The molecule has 0 aliphatic heterocycles. The topological polar surface area (TPSA) is 85.1 Å². The van der Waals surface area contributed by atoms with Crippen LogP contribution < -0.4 is 4.72 Å². The summed E-state index contributed by atoms with van der Waals surface area (Å²) in [4.78, 5) is 6.19. The molecule has 1 saturated carbocycles. The zero-order valence-corrected chi connectivity index (χ0v) is 17.1. The first kappa shape index (κ1) is 18.0. The van der Waals surface area contributed by atoms with E-state index >= 15 is 0 Å². The Kier molecular flexibility index (Phi) is 4.37. The van der Waals surface area contributed by atoms with Crippen LogP contribution in [0.3, 0.4) is 0 Å². The number of aryl methyl sites for hydroxylation is 2. The molecule has 0 saturated heterocycles. The number of hydrogen-bond acceptors (Lipinski definition) is 6.